The Morgan fingerprint density at radius 2 is 1.73 bits per heavy atom. The van der Waals surface area contributed by atoms with Crippen molar-refractivity contribution in [2.75, 3.05) is 44.2 Å². The van der Waals surface area contributed by atoms with E-state index < -0.39 is 10.0 Å². The van der Waals surface area contributed by atoms with Gasteiger partial charge in [0.2, 0.25) is 10.0 Å². The minimum absolute atomic E-state index is 0.136. The Kier molecular flexibility index (Phi) is 6.70. The minimum Gasteiger partial charge on any atom is -0.352 e. The van der Waals surface area contributed by atoms with E-state index in [1.165, 1.54) is 16.4 Å². The van der Waals surface area contributed by atoms with Crippen LogP contribution < -0.4 is 4.90 Å². The van der Waals surface area contributed by atoms with E-state index in [1.54, 1.807) is 49.2 Å². The second-order valence-electron chi connectivity index (χ2n) is 6.88. The van der Waals surface area contributed by atoms with Crippen molar-refractivity contribution in [1.82, 2.24) is 14.2 Å². The minimum atomic E-state index is -3.54. The highest BCUT2D eigenvalue weighted by atomic mass is 32.2. The second-order valence-corrected chi connectivity index (χ2v) is 8.82. The van der Waals surface area contributed by atoms with Gasteiger partial charge in [-0.3, -0.25) is 4.79 Å². The van der Waals surface area contributed by atoms with E-state index in [0.717, 1.165) is 0 Å². The highest BCUT2D eigenvalue weighted by Gasteiger charge is 2.25. The van der Waals surface area contributed by atoms with Crippen LogP contribution in [0.25, 0.3) is 0 Å². The highest BCUT2D eigenvalue weighted by Crippen LogP contribution is 2.20. The zero-order valence-corrected chi connectivity index (χ0v) is 18.0. The van der Waals surface area contributed by atoms with E-state index in [4.69, 9.17) is 0 Å². The lowest BCUT2D eigenvalue weighted by atomic mass is 10.1. The molecule has 1 fully saturated rings. The Morgan fingerprint density at radius 1 is 1.10 bits per heavy atom. The fraction of sp³-hybridized carbons (Fsp3) is 0.381. The van der Waals surface area contributed by atoms with Gasteiger partial charge in [0.25, 0.3) is 5.91 Å². The number of nitrogens with zero attached hydrogens (tertiary/aromatic N) is 5. The zero-order valence-electron chi connectivity index (χ0n) is 17.2. The standard InChI is InChI=1S/C21H25N5O3S/c1-3-26(4-2)30(28,29)19-9-7-17(8-10-19)21(27)25-14-12-24(13-15-25)20-18(16-22)6-5-11-23-20/h5-11H,3-4,12-15H2,1-2H3. The van der Waals surface area contributed by atoms with Crippen molar-refractivity contribution in [3.63, 3.8) is 0 Å². The molecule has 1 aromatic heterocycles. The first-order chi connectivity index (χ1) is 14.4. The monoisotopic (exact) mass is 427 g/mol. The van der Waals surface area contributed by atoms with Crippen molar-refractivity contribution in [3.8, 4) is 6.07 Å². The summed E-state index contributed by atoms with van der Waals surface area (Å²) in [5, 5.41) is 9.26. The third kappa shape index (κ3) is 4.30. The third-order valence-corrected chi connectivity index (χ3v) is 7.28. The summed E-state index contributed by atoms with van der Waals surface area (Å²) in [6.07, 6.45) is 1.65. The van der Waals surface area contributed by atoms with Gasteiger partial charge >= 0.3 is 0 Å². The highest BCUT2D eigenvalue weighted by molar-refractivity contribution is 7.89. The third-order valence-electron chi connectivity index (χ3n) is 5.22. The fourth-order valence-electron chi connectivity index (χ4n) is 3.52. The first-order valence-corrected chi connectivity index (χ1v) is 11.4. The fourth-order valence-corrected chi connectivity index (χ4v) is 4.98. The van der Waals surface area contributed by atoms with Crippen LogP contribution in [-0.2, 0) is 10.0 Å². The van der Waals surface area contributed by atoms with Gasteiger partial charge in [-0.25, -0.2) is 13.4 Å². The largest absolute Gasteiger partial charge is 0.352 e. The number of sulfonamides is 1. The maximum absolute atomic E-state index is 12.9. The van der Waals surface area contributed by atoms with Gasteiger partial charge in [-0.1, -0.05) is 13.8 Å². The average Bonchev–Trinajstić information content (AvgIpc) is 2.79. The number of piperazine rings is 1. The molecule has 1 amide bonds. The maximum atomic E-state index is 12.9. The molecule has 0 atom stereocenters. The predicted octanol–water partition coefficient (Wildman–Crippen LogP) is 1.95. The molecule has 1 aliphatic heterocycles. The summed E-state index contributed by atoms with van der Waals surface area (Å²) in [7, 11) is -3.54. The number of amides is 1. The molecular formula is C21H25N5O3S. The van der Waals surface area contributed by atoms with Crippen LogP contribution >= 0.6 is 0 Å². The number of anilines is 1. The van der Waals surface area contributed by atoms with Gasteiger partial charge in [0.1, 0.15) is 11.9 Å². The molecular weight excluding hydrogens is 402 g/mol. The lowest BCUT2D eigenvalue weighted by molar-refractivity contribution is 0.0746. The van der Waals surface area contributed by atoms with Crippen molar-refractivity contribution in [2.45, 2.75) is 18.7 Å². The molecule has 0 unspecified atom stereocenters. The van der Waals surface area contributed by atoms with Gasteiger partial charge in [0.15, 0.2) is 0 Å². The molecule has 1 aromatic carbocycles. The number of carbonyl (C=O) groups is 1. The Morgan fingerprint density at radius 3 is 2.30 bits per heavy atom. The molecule has 1 saturated heterocycles. The zero-order chi connectivity index (χ0) is 21.7. The number of hydrogen-bond acceptors (Lipinski definition) is 6. The maximum Gasteiger partial charge on any atom is 0.253 e. The number of pyridine rings is 1. The quantitative estimate of drug-likeness (QED) is 0.699. The molecule has 9 heteroatoms. The smallest absolute Gasteiger partial charge is 0.253 e. The van der Waals surface area contributed by atoms with Crippen molar-refractivity contribution in [1.29, 1.82) is 5.26 Å². The molecule has 2 aromatic rings. The van der Waals surface area contributed by atoms with Crippen molar-refractivity contribution in [3.05, 3.63) is 53.7 Å². The number of carbonyl (C=O) groups excluding carboxylic acids is 1. The van der Waals surface area contributed by atoms with Crippen LogP contribution in [0, 0.1) is 11.3 Å². The summed E-state index contributed by atoms with van der Waals surface area (Å²) in [4.78, 5) is 21.1. The van der Waals surface area contributed by atoms with Gasteiger partial charge in [-0.05, 0) is 36.4 Å². The van der Waals surface area contributed by atoms with Crippen LogP contribution in [0.5, 0.6) is 0 Å². The Labute approximate surface area is 177 Å². The molecule has 1 aliphatic rings. The normalized spacial score (nSPS) is 14.6. The number of nitriles is 1. The molecule has 30 heavy (non-hydrogen) atoms. The molecule has 0 N–H and O–H groups in total. The van der Waals surface area contributed by atoms with Crippen LogP contribution in [0.2, 0.25) is 0 Å². The number of aromatic nitrogens is 1. The summed E-state index contributed by atoms with van der Waals surface area (Å²) >= 11 is 0. The number of benzene rings is 1. The molecule has 0 bridgehead atoms. The van der Waals surface area contributed by atoms with E-state index in [9.17, 15) is 18.5 Å². The van der Waals surface area contributed by atoms with E-state index in [2.05, 4.69) is 11.1 Å². The summed E-state index contributed by atoms with van der Waals surface area (Å²) in [5.41, 5.74) is 0.972. The van der Waals surface area contributed by atoms with E-state index in [1.807, 2.05) is 4.90 Å². The summed E-state index contributed by atoms with van der Waals surface area (Å²) in [6.45, 7) is 6.53. The van der Waals surface area contributed by atoms with Crippen LogP contribution in [-0.4, -0.2) is 67.8 Å². The summed E-state index contributed by atoms with van der Waals surface area (Å²) < 4.78 is 26.6. The van der Waals surface area contributed by atoms with Gasteiger partial charge in [0, 0.05) is 51.0 Å². The summed E-state index contributed by atoms with van der Waals surface area (Å²) in [5.74, 6) is 0.501. The van der Waals surface area contributed by atoms with Crippen LogP contribution in [0.4, 0.5) is 5.82 Å². The molecule has 3 rings (SSSR count). The topological polar surface area (TPSA) is 97.6 Å². The molecule has 0 radical (unpaired) electrons. The molecule has 8 nitrogen and oxygen atoms in total. The first kappa shape index (κ1) is 21.7. The molecule has 0 saturated carbocycles. The predicted molar refractivity (Wildman–Crippen MR) is 114 cm³/mol. The second kappa shape index (κ2) is 9.24. The number of hydrogen-bond donors (Lipinski definition) is 0. The van der Waals surface area contributed by atoms with Gasteiger partial charge in [0.05, 0.1) is 10.5 Å². The molecule has 0 spiro atoms. The SMILES string of the molecule is CCN(CC)S(=O)(=O)c1ccc(C(=O)N2CCN(c3ncccc3C#N)CC2)cc1. The summed E-state index contributed by atoms with van der Waals surface area (Å²) in [6, 6.07) is 11.7. The Balaban J connectivity index is 1.68. The van der Waals surface area contributed by atoms with Crippen LogP contribution in [0.15, 0.2) is 47.5 Å². The number of rotatable bonds is 6. The first-order valence-electron chi connectivity index (χ1n) is 9.92. The molecule has 2 heterocycles. The van der Waals surface area contributed by atoms with E-state index >= 15 is 0 Å². The van der Waals surface area contributed by atoms with Gasteiger partial charge in [-0.2, -0.15) is 9.57 Å². The lowest BCUT2D eigenvalue weighted by Gasteiger charge is -2.35. The average molecular weight is 428 g/mol. The van der Waals surface area contributed by atoms with E-state index in [0.29, 0.717) is 56.2 Å². The van der Waals surface area contributed by atoms with E-state index in [-0.39, 0.29) is 10.8 Å². The van der Waals surface area contributed by atoms with Crippen molar-refractivity contribution < 1.29 is 13.2 Å². The van der Waals surface area contributed by atoms with Crippen LogP contribution in [0.3, 0.4) is 0 Å². The van der Waals surface area contributed by atoms with Crippen molar-refractivity contribution >= 4 is 21.7 Å². The molecule has 0 aliphatic carbocycles. The molecule has 158 valence electrons. The van der Waals surface area contributed by atoms with Gasteiger partial charge in [-0.15, -0.1) is 0 Å². The van der Waals surface area contributed by atoms with Gasteiger partial charge < -0.3 is 9.80 Å². The Bertz CT molecular complexity index is 1040. The Hall–Kier alpha value is -2.96. The van der Waals surface area contributed by atoms with Crippen LogP contribution in [0.1, 0.15) is 29.8 Å². The lowest BCUT2D eigenvalue weighted by Crippen LogP contribution is -2.49. The van der Waals surface area contributed by atoms with Crippen molar-refractivity contribution in [2.24, 2.45) is 0 Å².